The topological polar surface area (TPSA) is 105 Å². The molecule has 0 spiro atoms. The van der Waals surface area contributed by atoms with Crippen molar-refractivity contribution in [3.8, 4) is 11.5 Å². The van der Waals surface area contributed by atoms with E-state index in [-0.39, 0.29) is 29.3 Å². The third-order valence-corrected chi connectivity index (χ3v) is 9.37. The maximum Gasteiger partial charge on any atom is 0.264 e. The van der Waals surface area contributed by atoms with Crippen LogP contribution in [0, 0.1) is 12.7 Å². The molecule has 48 heavy (non-hydrogen) atoms. The summed E-state index contributed by atoms with van der Waals surface area (Å²) in [6, 6.07) is 24.7. The van der Waals surface area contributed by atoms with Gasteiger partial charge in [-0.05, 0) is 75.2 Å². The molecule has 0 aliphatic carbocycles. The largest absolute Gasteiger partial charge is 0.493 e. The number of amides is 2. The van der Waals surface area contributed by atoms with Crippen LogP contribution >= 0.6 is 0 Å². The number of aryl methyl sites for hydroxylation is 1. The van der Waals surface area contributed by atoms with Crippen LogP contribution in [0.4, 0.5) is 10.1 Å². The van der Waals surface area contributed by atoms with Crippen molar-refractivity contribution in [2.24, 2.45) is 0 Å². The zero-order valence-electron chi connectivity index (χ0n) is 28.1. The molecular weight excluding hydrogens is 633 g/mol. The van der Waals surface area contributed by atoms with E-state index >= 15 is 0 Å². The summed E-state index contributed by atoms with van der Waals surface area (Å²) < 4.78 is 54.3. The third-order valence-electron chi connectivity index (χ3n) is 7.58. The Balaban J connectivity index is 1.85. The van der Waals surface area contributed by atoms with E-state index in [1.807, 2.05) is 58.0 Å². The molecule has 0 aromatic heterocycles. The predicted molar refractivity (Wildman–Crippen MR) is 184 cm³/mol. The van der Waals surface area contributed by atoms with Gasteiger partial charge in [-0.3, -0.25) is 13.9 Å². The average molecular weight is 676 g/mol. The van der Waals surface area contributed by atoms with Gasteiger partial charge in [0.05, 0.1) is 24.8 Å². The van der Waals surface area contributed by atoms with Crippen molar-refractivity contribution in [3.63, 3.8) is 0 Å². The van der Waals surface area contributed by atoms with Gasteiger partial charge in [0.25, 0.3) is 10.0 Å². The van der Waals surface area contributed by atoms with Crippen LogP contribution in [-0.2, 0) is 32.6 Å². The van der Waals surface area contributed by atoms with Crippen molar-refractivity contribution in [2.45, 2.75) is 57.1 Å². The molecule has 4 aromatic carbocycles. The Morgan fingerprint density at radius 1 is 0.833 bits per heavy atom. The lowest BCUT2D eigenvalue weighted by Crippen LogP contribution is -2.56. The Labute approximate surface area is 282 Å². The van der Waals surface area contributed by atoms with E-state index in [9.17, 15) is 22.4 Å². The van der Waals surface area contributed by atoms with E-state index in [1.165, 1.54) is 67.7 Å². The summed E-state index contributed by atoms with van der Waals surface area (Å²) in [7, 11) is -1.43. The van der Waals surface area contributed by atoms with E-state index in [1.54, 1.807) is 18.2 Å². The van der Waals surface area contributed by atoms with Gasteiger partial charge in [0.1, 0.15) is 18.4 Å². The third kappa shape index (κ3) is 9.13. The molecule has 0 radical (unpaired) electrons. The first-order valence-electron chi connectivity index (χ1n) is 15.4. The van der Waals surface area contributed by atoms with Gasteiger partial charge in [-0.2, -0.15) is 0 Å². The highest BCUT2D eigenvalue weighted by Gasteiger charge is 2.36. The highest BCUT2D eigenvalue weighted by atomic mass is 32.2. The summed E-state index contributed by atoms with van der Waals surface area (Å²) in [6.07, 6.45) is 0.150. The second kappa shape index (κ2) is 15.3. The number of carbonyl (C=O) groups excluding carboxylic acids is 2. The average Bonchev–Trinajstić information content (AvgIpc) is 3.05. The number of sulfonamides is 1. The second-order valence-corrected chi connectivity index (χ2v) is 14.3. The zero-order valence-corrected chi connectivity index (χ0v) is 28.9. The summed E-state index contributed by atoms with van der Waals surface area (Å²) in [4.78, 5) is 29.9. The van der Waals surface area contributed by atoms with Crippen LogP contribution in [-0.4, -0.2) is 57.5 Å². The van der Waals surface area contributed by atoms with Crippen molar-refractivity contribution in [1.82, 2.24) is 10.2 Å². The molecule has 1 atom stereocenters. The molecule has 254 valence electrons. The molecule has 1 unspecified atom stereocenters. The molecule has 0 saturated carbocycles. The summed E-state index contributed by atoms with van der Waals surface area (Å²) in [6.45, 7) is 6.62. The molecule has 2 amide bonds. The van der Waals surface area contributed by atoms with E-state index in [0.717, 1.165) is 15.4 Å². The minimum Gasteiger partial charge on any atom is -0.493 e. The fraction of sp³-hybridized carbons (Fsp3) is 0.297. The van der Waals surface area contributed by atoms with Gasteiger partial charge >= 0.3 is 0 Å². The molecule has 0 saturated heterocycles. The van der Waals surface area contributed by atoms with Crippen molar-refractivity contribution < 1.29 is 31.9 Å². The summed E-state index contributed by atoms with van der Waals surface area (Å²) in [5.74, 6) is -0.872. The Hall–Kier alpha value is -4.90. The molecule has 4 aromatic rings. The van der Waals surface area contributed by atoms with Crippen LogP contribution in [0.25, 0.3) is 0 Å². The first kappa shape index (κ1) is 35.9. The standard InChI is InChI=1S/C37H42FN3O6S/c1-26-12-19-31(20-13-26)48(44,45)41(30-18-21-33(46-5)34(23-30)47-6)25-35(42)40(24-28-14-16-29(38)17-15-28)32(36(43)39-37(2,3)4)22-27-10-8-7-9-11-27/h7-21,23,32H,22,24-25H2,1-6H3,(H,39,43). The number of hydrogen-bond donors (Lipinski definition) is 1. The number of anilines is 1. The molecule has 1 N–H and O–H groups in total. The molecule has 0 bridgehead atoms. The van der Waals surface area contributed by atoms with Gasteiger partial charge in [-0.25, -0.2) is 12.8 Å². The summed E-state index contributed by atoms with van der Waals surface area (Å²) in [5.41, 5.74) is 1.75. The van der Waals surface area contributed by atoms with Crippen LogP contribution in [0.15, 0.2) is 102 Å². The number of nitrogens with one attached hydrogen (secondary N) is 1. The molecule has 11 heteroatoms. The smallest absolute Gasteiger partial charge is 0.264 e. The van der Waals surface area contributed by atoms with Gasteiger partial charge in [-0.1, -0.05) is 60.2 Å². The number of ether oxygens (including phenoxy) is 2. The SMILES string of the molecule is COc1ccc(N(CC(=O)N(Cc2ccc(F)cc2)C(Cc2ccccc2)C(=O)NC(C)(C)C)S(=O)(=O)c2ccc(C)cc2)cc1OC. The Kier molecular flexibility index (Phi) is 11.5. The quantitative estimate of drug-likeness (QED) is 0.189. The maximum atomic E-state index is 14.6. The zero-order chi connectivity index (χ0) is 35.1. The Bertz CT molecular complexity index is 1810. The lowest BCUT2D eigenvalue weighted by molar-refractivity contribution is -0.140. The monoisotopic (exact) mass is 675 g/mol. The normalized spacial score (nSPS) is 12.1. The van der Waals surface area contributed by atoms with Gasteiger partial charge in [0, 0.05) is 24.6 Å². The number of benzene rings is 4. The first-order chi connectivity index (χ1) is 22.7. The van der Waals surface area contributed by atoms with E-state index in [4.69, 9.17) is 9.47 Å². The number of rotatable bonds is 13. The molecule has 0 fully saturated rings. The van der Waals surface area contributed by atoms with Crippen LogP contribution in [0.2, 0.25) is 0 Å². The molecule has 9 nitrogen and oxygen atoms in total. The number of nitrogens with zero attached hydrogens (tertiary/aromatic N) is 2. The lowest BCUT2D eigenvalue weighted by Gasteiger charge is -2.35. The highest BCUT2D eigenvalue weighted by Crippen LogP contribution is 2.34. The molecular formula is C37H42FN3O6S. The van der Waals surface area contributed by atoms with Crippen LogP contribution < -0.4 is 19.1 Å². The first-order valence-corrected chi connectivity index (χ1v) is 16.9. The van der Waals surface area contributed by atoms with Gasteiger partial charge in [0.15, 0.2) is 11.5 Å². The highest BCUT2D eigenvalue weighted by molar-refractivity contribution is 7.92. The van der Waals surface area contributed by atoms with Crippen LogP contribution in [0.5, 0.6) is 11.5 Å². The van der Waals surface area contributed by atoms with Crippen LogP contribution in [0.1, 0.15) is 37.5 Å². The molecule has 0 heterocycles. The molecule has 4 rings (SSSR count). The predicted octanol–water partition coefficient (Wildman–Crippen LogP) is 5.90. The van der Waals surface area contributed by atoms with E-state index in [0.29, 0.717) is 11.3 Å². The van der Waals surface area contributed by atoms with Crippen molar-refractivity contribution >= 4 is 27.5 Å². The van der Waals surface area contributed by atoms with E-state index < -0.39 is 45.8 Å². The number of methoxy groups -OCH3 is 2. The van der Waals surface area contributed by atoms with E-state index in [2.05, 4.69) is 5.32 Å². The minimum absolute atomic E-state index is 0.0212. The number of hydrogen-bond acceptors (Lipinski definition) is 6. The van der Waals surface area contributed by atoms with Crippen molar-refractivity contribution in [3.05, 3.63) is 120 Å². The van der Waals surface area contributed by atoms with Crippen LogP contribution in [0.3, 0.4) is 0 Å². The second-order valence-electron chi connectivity index (χ2n) is 12.5. The molecule has 0 aliphatic heterocycles. The fourth-order valence-electron chi connectivity index (χ4n) is 5.14. The maximum absolute atomic E-state index is 14.6. The molecule has 0 aliphatic rings. The van der Waals surface area contributed by atoms with Gasteiger partial charge in [-0.15, -0.1) is 0 Å². The summed E-state index contributed by atoms with van der Waals surface area (Å²) in [5, 5.41) is 2.99. The minimum atomic E-state index is -4.32. The Morgan fingerprint density at radius 3 is 2.04 bits per heavy atom. The number of halogens is 1. The van der Waals surface area contributed by atoms with Crippen molar-refractivity contribution in [1.29, 1.82) is 0 Å². The fourth-order valence-corrected chi connectivity index (χ4v) is 6.55. The Morgan fingerprint density at radius 2 is 1.46 bits per heavy atom. The summed E-state index contributed by atoms with van der Waals surface area (Å²) >= 11 is 0. The van der Waals surface area contributed by atoms with Crippen molar-refractivity contribution in [2.75, 3.05) is 25.1 Å². The lowest BCUT2D eigenvalue weighted by atomic mass is 10.0. The number of carbonyl (C=O) groups is 2. The van der Waals surface area contributed by atoms with Gasteiger partial charge < -0.3 is 19.7 Å². The van der Waals surface area contributed by atoms with Gasteiger partial charge in [0.2, 0.25) is 11.8 Å².